The Bertz CT molecular complexity index is 793. The maximum atomic E-state index is 12.7. The first-order valence-corrected chi connectivity index (χ1v) is 10.8. The third-order valence-corrected chi connectivity index (χ3v) is 6.21. The molecule has 0 radical (unpaired) electrons. The molecule has 2 aliphatic heterocycles. The largest absolute Gasteiger partial charge is 0.338 e. The second-order valence-electron chi connectivity index (χ2n) is 6.99. The quantitative estimate of drug-likeness (QED) is 0.841. The van der Waals surface area contributed by atoms with Crippen LogP contribution in [-0.4, -0.2) is 54.8 Å². The topological polar surface area (TPSA) is 86.8 Å². The first-order valence-electron chi connectivity index (χ1n) is 8.99. The number of hydrogen-bond donors (Lipinski definition) is 1. The molecule has 2 fully saturated rings. The van der Waals surface area contributed by atoms with Gasteiger partial charge in [0.25, 0.3) is 0 Å². The van der Waals surface area contributed by atoms with Crippen molar-refractivity contribution in [1.82, 2.24) is 9.21 Å². The normalized spacial score (nSPS) is 21.8. The highest BCUT2D eigenvalue weighted by molar-refractivity contribution is 7.88. The van der Waals surface area contributed by atoms with E-state index in [1.165, 1.54) is 4.31 Å². The van der Waals surface area contributed by atoms with Crippen molar-refractivity contribution in [3.05, 3.63) is 29.8 Å². The van der Waals surface area contributed by atoms with Crippen LogP contribution in [0.1, 0.15) is 37.7 Å². The van der Waals surface area contributed by atoms with Crippen molar-refractivity contribution in [3.63, 3.8) is 0 Å². The lowest BCUT2D eigenvalue weighted by Gasteiger charge is -2.32. The molecule has 2 heterocycles. The molecule has 0 bridgehead atoms. The number of rotatable bonds is 5. The predicted octanol–water partition coefficient (Wildman–Crippen LogP) is 1.56. The van der Waals surface area contributed by atoms with Crippen molar-refractivity contribution < 1.29 is 18.0 Å². The number of amides is 2. The van der Waals surface area contributed by atoms with E-state index in [1.54, 1.807) is 6.07 Å². The summed E-state index contributed by atoms with van der Waals surface area (Å²) in [4.78, 5) is 26.2. The number of piperidine rings is 1. The zero-order valence-electron chi connectivity index (χ0n) is 15.0. The van der Waals surface area contributed by atoms with Gasteiger partial charge in [-0.05, 0) is 37.0 Å². The molecule has 1 aromatic rings. The smallest absolute Gasteiger partial charge is 0.242 e. The van der Waals surface area contributed by atoms with Gasteiger partial charge >= 0.3 is 0 Å². The minimum absolute atomic E-state index is 0.158. The summed E-state index contributed by atoms with van der Waals surface area (Å²) in [7, 11) is -3.41. The molecule has 0 aliphatic carbocycles. The van der Waals surface area contributed by atoms with Crippen LogP contribution in [0.4, 0.5) is 5.69 Å². The minimum Gasteiger partial charge on any atom is -0.338 e. The first kappa shape index (κ1) is 18.8. The van der Waals surface area contributed by atoms with Gasteiger partial charge in [0.1, 0.15) is 6.04 Å². The molecular weight excluding hydrogens is 354 g/mol. The Morgan fingerprint density at radius 1 is 1.23 bits per heavy atom. The highest BCUT2D eigenvalue weighted by Crippen LogP contribution is 2.22. The SMILES string of the molecule is CS(=O)(=O)N1CCCCC1C(=O)Nc1cccc(CN2CCCC2=O)c1. The van der Waals surface area contributed by atoms with Gasteiger partial charge in [0, 0.05) is 31.7 Å². The van der Waals surface area contributed by atoms with Gasteiger partial charge in [-0.25, -0.2) is 8.42 Å². The van der Waals surface area contributed by atoms with Crippen molar-refractivity contribution in [2.45, 2.75) is 44.7 Å². The van der Waals surface area contributed by atoms with Crippen LogP contribution < -0.4 is 5.32 Å². The van der Waals surface area contributed by atoms with Gasteiger partial charge in [-0.15, -0.1) is 0 Å². The monoisotopic (exact) mass is 379 g/mol. The number of anilines is 1. The van der Waals surface area contributed by atoms with Gasteiger partial charge < -0.3 is 10.2 Å². The second-order valence-corrected chi connectivity index (χ2v) is 8.93. The summed E-state index contributed by atoms with van der Waals surface area (Å²) in [6, 6.07) is 6.71. The van der Waals surface area contributed by atoms with Crippen LogP contribution in [0.2, 0.25) is 0 Å². The summed E-state index contributed by atoms with van der Waals surface area (Å²) in [6.07, 6.45) is 4.77. The standard InChI is InChI=1S/C18H25N3O4S/c1-26(24,25)21-11-3-2-8-16(21)18(23)19-15-7-4-6-14(12-15)13-20-10-5-9-17(20)22/h4,6-7,12,16H,2-3,5,8-11,13H2,1H3,(H,19,23). The van der Waals surface area contributed by atoms with Crippen molar-refractivity contribution in [3.8, 4) is 0 Å². The highest BCUT2D eigenvalue weighted by Gasteiger charge is 2.34. The number of likely N-dealkylation sites (tertiary alicyclic amines) is 1. The molecule has 26 heavy (non-hydrogen) atoms. The third kappa shape index (κ3) is 4.42. The maximum absolute atomic E-state index is 12.7. The van der Waals surface area contributed by atoms with E-state index in [-0.39, 0.29) is 11.8 Å². The molecule has 142 valence electrons. The van der Waals surface area contributed by atoms with Gasteiger partial charge in [0.05, 0.1) is 6.26 Å². The number of hydrogen-bond acceptors (Lipinski definition) is 4. The lowest BCUT2D eigenvalue weighted by Crippen LogP contribution is -2.49. The van der Waals surface area contributed by atoms with Gasteiger partial charge in [-0.3, -0.25) is 9.59 Å². The Balaban J connectivity index is 1.69. The number of carbonyl (C=O) groups is 2. The number of nitrogens with one attached hydrogen (secondary N) is 1. The fourth-order valence-electron chi connectivity index (χ4n) is 3.63. The number of benzene rings is 1. The Morgan fingerprint density at radius 3 is 2.73 bits per heavy atom. The summed E-state index contributed by atoms with van der Waals surface area (Å²) in [6.45, 7) is 1.68. The van der Waals surface area contributed by atoms with E-state index in [1.807, 2.05) is 23.1 Å². The minimum atomic E-state index is -3.41. The Labute approximate surface area is 154 Å². The summed E-state index contributed by atoms with van der Waals surface area (Å²) in [5, 5.41) is 2.84. The molecule has 2 aliphatic rings. The number of nitrogens with zero attached hydrogens (tertiary/aromatic N) is 2. The average Bonchev–Trinajstić information content (AvgIpc) is 2.99. The second kappa shape index (κ2) is 7.75. The zero-order chi connectivity index (χ0) is 18.7. The van der Waals surface area contributed by atoms with Gasteiger partial charge in [0.2, 0.25) is 21.8 Å². The van der Waals surface area contributed by atoms with E-state index in [9.17, 15) is 18.0 Å². The molecule has 0 aromatic heterocycles. The van der Waals surface area contributed by atoms with Crippen molar-refractivity contribution in [1.29, 1.82) is 0 Å². The average molecular weight is 379 g/mol. The third-order valence-electron chi connectivity index (χ3n) is 4.92. The van der Waals surface area contributed by atoms with E-state index in [0.717, 1.165) is 37.6 Å². The highest BCUT2D eigenvalue weighted by atomic mass is 32.2. The van der Waals surface area contributed by atoms with Crippen molar-refractivity contribution in [2.75, 3.05) is 24.7 Å². The maximum Gasteiger partial charge on any atom is 0.242 e. The van der Waals surface area contributed by atoms with Crippen molar-refractivity contribution in [2.24, 2.45) is 0 Å². The lowest BCUT2D eigenvalue weighted by molar-refractivity contribution is -0.128. The lowest BCUT2D eigenvalue weighted by atomic mass is 10.0. The zero-order valence-corrected chi connectivity index (χ0v) is 15.8. The molecule has 1 aromatic carbocycles. The van der Waals surface area contributed by atoms with Crippen LogP contribution in [-0.2, 0) is 26.2 Å². The summed E-state index contributed by atoms with van der Waals surface area (Å²) in [5.74, 6) is -0.144. The molecule has 8 heteroatoms. The summed E-state index contributed by atoms with van der Waals surface area (Å²) in [5.41, 5.74) is 1.57. The van der Waals surface area contributed by atoms with Gasteiger partial charge in [0.15, 0.2) is 0 Å². The van der Waals surface area contributed by atoms with Gasteiger partial charge in [-0.2, -0.15) is 4.31 Å². The molecule has 1 N–H and O–H groups in total. The van der Waals surface area contributed by atoms with Crippen LogP contribution in [0.5, 0.6) is 0 Å². The predicted molar refractivity (Wildman–Crippen MR) is 98.9 cm³/mol. The molecule has 2 amide bonds. The van der Waals surface area contributed by atoms with E-state index >= 15 is 0 Å². The Hall–Kier alpha value is -1.93. The molecule has 1 atom stereocenters. The summed E-state index contributed by atoms with van der Waals surface area (Å²) >= 11 is 0. The van der Waals surface area contributed by atoms with Crippen LogP contribution in [0.25, 0.3) is 0 Å². The molecule has 2 saturated heterocycles. The number of carbonyl (C=O) groups excluding carboxylic acids is 2. The van der Waals surface area contributed by atoms with E-state index in [4.69, 9.17) is 0 Å². The Morgan fingerprint density at radius 2 is 2.04 bits per heavy atom. The molecule has 0 saturated carbocycles. The van der Waals surface area contributed by atoms with Crippen LogP contribution >= 0.6 is 0 Å². The molecule has 1 unspecified atom stereocenters. The molecular formula is C18H25N3O4S. The first-order chi connectivity index (χ1) is 12.3. The Kier molecular flexibility index (Phi) is 5.62. The molecule has 3 rings (SSSR count). The molecule has 7 nitrogen and oxygen atoms in total. The fourth-order valence-corrected chi connectivity index (χ4v) is 4.75. The van der Waals surface area contributed by atoms with E-state index < -0.39 is 16.1 Å². The van der Waals surface area contributed by atoms with Crippen LogP contribution in [0.15, 0.2) is 24.3 Å². The molecule has 0 spiro atoms. The van der Waals surface area contributed by atoms with Crippen LogP contribution in [0, 0.1) is 0 Å². The fraction of sp³-hybridized carbons (Fsp3) is 0.556. The van der Waals surface area contributed by atoms with E-state index in [2.05, 4.69) is 5.32 Å². The van der Waals surface area contributed by atoms with E-state index in [0.29, 0.717) is 31.6 Å². The van der Waals surface area contributed by atoms with Crippen molar-refractivity contribution >= 4 is 27.5 Å². The van der Waals surface area contributed by atoms with Crippen LogP contribution in [0.3, 0.4) is 0 Å². The van der Waals surface area contributed by atoms with Gasteiger partial charge in [-0.1, -0.05) is 18.6 Å². The number of sulfonamides is 1. The summed E-state index contributed by atoms with van der Waals surface area (Å²) < 4.78 is 25.2.